The van der Waals surface area contributed by atoms with Gasteiger partial charge in [-0.2, -0.15) is 0 Å². The highest BCUT2D eigenvalue weighted by molar-refractivity contribution is 5.85. The average molecular weight is 246 g/mol. The number of rotatable bonds is 2. The van der Waals surface area contributed by atoms with Gasteiger partial charge in [-0.25, -0.2) is 4.79 Å². The van der Waals surface area contributed by atoms with E-state index in [0.717, 1.165) is 12.8 Å². The van der Waals surface area contributed by atoms with Crippen molar-refractivity contribution in [1.29, 1.82) is 0 Å². The van der Waals surface area contributed by atoms with Crippen molar-refractivity contribution in [3.05, 3.63) is 24.3 Å². The van der Waals surface area contributed by atoms with Gasteiger partial charge in [0.2, 0.25) is 0 Å². The van der Waals surface area contributed by atoms with Crippen LogP contribution in [0.2, 0.25) is 0 Å². The Kier molecular flexibility index (Phi) is 4.53. The van der Waals surface area contributed by atoms with Gasteiger partial charge in [-0.05, 0) is 12.8 Å². The van der Waals surface area contributed by atoms with E-state index in [-0.39, 0.29) is 24.0 Å². The maximum Gasteiger partial charge on any atom is 0.328 e. The zero-order valence-corrected chi connectivity index (χ0v) is 9.70. The van der Waals surface area contributed by atoms with Crippen LogP contribution in [0.4, 0.5) is 0 Å². The molecule has 2 atom stereocenters. The zero-order chi connectivity index (χ0) is 10.7. The number of carbonyl (C=O) groups is 1. The molecule has 1 saturated heterocycles. The molecular formula is C11H16ClNO3. The van der Waals surface area contributed by atoms with Crippen LogP contribution in [0.25, 0.3) is 0 Å². The van der Waals surface area contributed by atoms with Crippen molar-refractivity contribution in [1.82, 2.24) is 5.32 Å². The predicted molar refractivity (Wildman–Crippen MR) is 62.9 cm³/mol. The largest absolute Gasteiger partial charge is 0.478 e. The minimum Gasteiger partial charge on any atom is -0.478 e. The maximum absolute atomic E-state index is 10.4. The lowest BCUT2D eigenvalue weighted by Gasteiger charge is -2.29. The number of hydrogen-bond acceptors (Lipinski definition) is 3. The molecular weight excluding hydrogens is 230 g/mol. The normalized spacial score (nSPS) is 33.1. The molecule has 0 aromatic heterocycles. The fourth-order valence-electron chi connectivity index (χ4n) is 2.15. The molecule has 4 nitrogen and oxygen atoms in total. The van der Waals surface area contributed by atoms with Crippen LogP contribution in [0, 0.1) is 0 Å². The van der Waals surface area contributed by atoms with Crippen LogP contribution in [0.3, 0.4) is 0 Å². The standard InChI is InChI=1S/C11H15NO3.ClH/c13-10(14)3-2-9-4-6-11(12-9)5-1-7-15-8-11;/h1-3,5,9,12H,4,6-8H2,(H,13,14);1H/b3-2+;/t9-,11+;/m0./s1. The summed E-state index contributed by atoms with van der Waals surface area (Å²) in [6.07, 6.45) is 9.02. The molecule has 2 rings (SSSR count). The molecule has 0 aliphatic carbocycles. The summed E-state index contributed by atoms with van der Waals surface area (Å²) in [6, 6.07) is 0.146. The van der Waals surface area contributed by atoms with Gasteiger partial charge in [-0.3, -0.25) is 5.32 Å². The molecule has 5 heteroatoms. The Balaban J connectivity index is 0.00000128. The lowest BCUT2D eigenvalue weighted by Crippen LogP contribution is -2.46. The Morgan fingerprint density at radius 3 is 3.06 bits per heavy atom. The van der Waals surface area contributed by atoms with Crippen LogP contribution >= 0.6 is 12.4 Å². The topological polar surface area (TPSA) is 58.6 Å². The van der Waals surface area contributed by atoms with Gasteiger partial charge in [0, 0.05) is 12.1 Å². The third kappa shape index (κ3) is 3.07. The van der Waals surface area contributed by atoms with Crippen LogP contribution in [-0.4, -0.2) is 35.9 Å². The van der Waals surface area contributed by atoms with Gasteiger partial charge in [0.15, 0.2) is 0 Å². The molecule has 90 valence electrons. The molecule has 16 heavy (non-hydrogen) atoms. The van der Waals surface area contributed by atoms with E-state index < -0.39 is 5.97 Å². The number of carboxylic acids is 1. The smallest absolute Gasteiger partial charge is 0.328 e. The van der Waals surface area contributed by atoms with E-state index in [9.17, 15) is 4.79 Å². The van der Waals surface area contributed by atoms with E-state index in [0.29, 0.717) is 13.2 Å². The molecule has 0 bridgehead atoms. The van der Waals surface area contributed by atoms with E-state index >= 15 is 0 Å². The van der Waals surface area contributed by atoms with Gasteiger partial charge < -0.3 is 9.84 Å². The van der Waals surface area contributed by atoms with Crippen LogP contribution in [0.15, 0.2) is 24.3 Å². The first-order valence-corrected chi connectivity index (χ1v) is 5.14. The summed E-state index contributed by atoms with van der Waals surface area (Å²) < 4.78 is 5.39. The fraction of sp³-hybridized carbons (Fsp3) is 0.545. The van der Waals surface area contributed by atoms with E-state index in [1.165, 1.54) is 6.08 Å². The van der Waals surface area contributed by atoms with Gasteiger partial charge in [0.05, 0.1) is 18.8 Å². The van der Waals surface area contributed by atoms with Crippen LogP contribution in [0.5, 0.6) is 0 Å². The molecule has 2 aliphatic heterocycles. The Morgan fingerprint density at radius 2 is 2.44 bits per heavy atom. The molecule has 2 N–H and O–H groups in total. The van der Waals surface area contributed by atoms with Gasteiger partial charge in [-0.15, -0.1) is 12.4 Å². The number of halogens is 1. The molecule has 0 amide bonds. The number of aliphatic carboxylic acids is 1. The quantitative estimate of drug-likeness (QED) is 0.566. The number of ether oxygens (including phenoxy) is 1. The van der Waals surface area contributed by atoms with Crippen LogP contribution in [0.1, 0.15) is 12.8 Å². The summed E-state index contributed by atoms with van der Waals surface area (Å²) >= 11 is 0. The van der Waals surface area contributed by atoms with E-state index in [1.807, 2.05) is 6.08 Å². The molecule has 2 heterocycles. The van der Waals surface area contributed by atoms with Gasteiger partial charge in [-0.1, -0.05) is 18.2 Å². The number of nitrogens with one attached hydrogen (secondary N) is 1. The monoisotopic (exact) mass is 245 g/mol. The Labute approximate surface area is 101 Å². The molecule has 2 aliphatic rings. The Hall–Kier alpha value is -0.840. The van der Waals surface area contributed by atoms with E-state index in [1.54, 1.807) is 6.08 Å². The molecule has 0 aromatic rings. The third-order valence-electron chi connectivity index (χ3n) is 2.86. The maximum atomic E-state index is 10.4. The van der Waals surface area contributed by atoms with Gasteiger partial charge >= 0.3 is 5.97 Å². The molecule has 0 aromatic carbocycles. The SMILES string of the molecule is Cl.O=C(O)/C=C/[C@H]1CC[C@@]2(C=CCOC2)N1. The number of hydrogen-bond donors (Lipinski definition) is 2. The van der Waals surface area contributed by atoms with Crippen molar-refractivity contribution in [2.45, 2.75) is 24.4 Å². The summed E-state index contributed by atoms with van der Waals surface area (Å²) in [5.41, 5.74) is -0.0637. The highest BCUT2D eigenvalue weighted by Gasteiger charge is 2.36. The second kappa shape index (κ2) is 5.48. The third-order valence-corrected chi connectivity index (χ3v) is 2.86. The summed E-state index contributed by atoms with van der Waals surface area (Å²) in [5.74, 6) is -0.895. The summed E-state index contributed by atoms with van der Waals surface area (Å²) in [6.45, 7) is 1.36. The Bertz CT molecular complexity index is 316. The molecule has 0 saturated carbocycles. The van der Waals surface area contributed by atoms with E-state index in [4.69, 9.17) is 9.84 Å². The highest BCUT2D eigenvalue weighted by atomic mass is 35.5. The molecule has 0 unspecified atom stereocenters. The predicted octanol–water partition coefficient (Wildman–Crippen LogP) is 1.13. The summed E-state index contributed by atoms with van der Waals surface area (Å²) in [4.78, 5) is 10.4. The van der Waals surface area contributed by atoms with Crippen molar-refractivity contribution in [2.24, 2.45) is 0 Å². The van der Waals surface area contributed by atoms with Gasteiger partial charge in [0.1, 0.15) is 0 Å². The minimum absolute atomic E-state index is 0. The average Bonchev–Trinajstić information content (AvgIpc) is 2.60. The van der Waals surface area contributed by atoms with Crippen LogP contribution in [-0.2, 0) is 9.53 Å². The highest BCUT2D eigenvalue weighted by Crippen LogP contribution is 2.27. The lowest BCUT2D eigenvalue weighted by atomic mass is 9.97. The van der Waals surface area contributed by atoms with Crippen molar-refractivity contribution in [3.63, 3.8) is 0 Å². The summed E-state index contributed by atoms with van der Waals surface area (Å²) in [5, 5.41) is 11.9. The first-order chi connectivity index (χ1) is 7.20. The van der Waals surface area contributed by atoms with Crippen molar-refractivity contribution < 1.29 is 14.6 Å². The molecule has 1 spiro atoms. The fourth-order valence-corrected chi connectivity index (χ4v) is 2.15. The van der Waals surface area contributed by atoms with Gasteiger partial charge in [0.25, 0.3) is 0 Å². The Morgan fingerprint density at radius 1 is 1.62 bits per heavy atom. The van der Waals surface area contributed by atoms with E-state index in [2.05, 4.69) is 11.4 Å². The van der Waals surface area contributed by atoms with Crippen LogP contribution < -0.4 is 5.32 Å². The second-order valence-corrected chi connectivity index (χ2v) is 4.06. The lowest BCUT2D eigenvalue weighted by molar-refractivity contribution is -0.131. The summed E-state index contributed by atoms with van der Waals surface area (Å²) in [7, 11) is 0. The molecule has 0 radical (unpaired) electrons. The first kappa shape index (κ1) is 13.2. The van der Waals surface area contributed by atoms with Crippen molar-refractivity contribution >= 4 is 18.4 Å². The molecule has 1 fully saturated rings. The minimum atomic E-state index is -0.895. The number of carboxylic acid groups (broad SMARTS) is 1. The van der Waals surface area contributed by atoms with Crippen molar-refractivity contribution in [3.8, 4) is 0 Å². The zero-order valence-electron chi connectivity index (χ0n) is 8.89. The first-order valence-electron chi connectivity index (χ1n) is 5.14. The van der Waals surface area contributed by atoms with Crippen molar-refractivity contribution in [2.75, 3.05) is 13.2 Å². The second-order valence-electron chi connectivity index (χ2n) is 4.06.